The molecule has 0 aliphatic carbocycles. The van der Waals surface area contributed by atoms with Crippen LogP contribution in [0.2, 0.25) is 0 Å². The second-order valence-corrected chi connectivity index (χ2v) is 3.83. The fourth-order valence-electron chi connectivity index (χ4n) is 1.45. The molecule has 1 aromatic heterocycles. The van der Waals surface area contributed by atoms with Crippen LogP contribution in [-0.2, 0) is 0 Å². The highest BCUT2D eigenvalue weighted by Gasteiger charge is 2.02. The maximum absolute atomic E-state index is 4.47. The van der Waals surface area contributed by atoms with Gasteiger partial charge in [0, 0.05) is 17.5 Å². The molecular weight excluding hydrogens is 232 g/mol. The van der Waals surface area contributed by atoms with Crippen LogP contribution in [-0.4, -0.2) is 9.97 Å². The molecule has 1 aromatic carbocycles. The number of rotatable bonds is 1. The smallest absolute Gasteiger partial charge is 0.159 e. The number of hydrogen-bond donors (Lipinski definition) is 0. The fraction of sp³-hybridized carbons (Fsp3) is 0.412. The Morgan fingerprint density at radius 3 is 2.05 bits per heavy atom. The monoisotopic (exact) mass is 258 g/mol. The highest BCUT2D eigenvalue weighted by molar-refractivity contribution is 5.56. The highest BCUT2D eigenvalue weighted by Crippen LogP contribution is 2.16. The van der Waals surface area contributed by atoms with Gasteiger partial charge in [-0.15, -0.1) is 0 Å². The van der Waals surface area contributed by atoms with Gasteiger partial charge in [0.2, 0.25) is 0 Å². The van der Waals surface area contributed by atoms with Crippen molar-refractivity contribution in [2.24, 2.45) is 0 Å². The van der Waals surface area contributed by atoms with E-state index in [0.29, 0.717) is 0 Å². The molecule has 0 atom stereocenters. The van der Waals surface area contributed by atoms with Crippen LogP contribution in [0.3, 0.4) is 0 Å². The molecule has 0 bridgehead atoms. The van der Waals surface area contributed by atoms with Crippen LogP contribution in [0.15, 0.2) is 30.5 Å². The van der Waals surface area contributed by atoms with Crippen molar-refractivity contribution in [1.29, 1.82) is 0 Å². The van der Waals surface area contributed by atoms with Gasteiger partial charge in [-0.1, -0.05) is 51.5 Å². The summed E-state index contributed by atoms with van der Waals surface area (Å²) in [4.78, 5) is 8.81. The van der Waals surface area contributed by atoms with Crippen molar-refractivity contribution in [3.8, 4) is 11.4 Å². The number of nitrogens with zero attached hydrogens (tertiary/aromatic N) is 2. The van der Waals surface area contributed by atoms with Crippen LogP contribution < -0.4 is 0 Å². The van der Waals surface area contributed by atoms with Gasteiger partial charge >= 0.3 is 0 Å². The molecule has 104 valence electrons. The molecule has 0 unspecified atom stereocenters. The van der Waals surface area contributed by atoms with Gasteiger partial charge in [-0.3, -0.25) is 0 Å². The topological polar surface area (TPSA) is 25.8 Å². The molecule has 0 fully saturated rings. The predicted molar refractivity (Wildman–Crippen MR) is 84.4 cm³/mol. The second-order valence-electron chi connectivity index (χ2n) is 3.83. The van der Waals surface area contributed by atoms with Crippen LogP contribution in [0.25, 0.3) is 11.4 Å². The number of aryl methyl sites for hydroxylation is 3. The fourth-order valence-corrected chi connectivity index (χ4v) is 1.45. The third-order valence-electron chi connectivity index (χ3n) is 2.50. The van der Waals surface area contributed by atoms with E-state index in [0.717, 1.165) is 22.6 Å². The van der Waals surface area contributed by atoms with E-state index in [1.165, 1.54) is 5.56 Å². The minimum atomic E-state index is 0.807. The molecule has 0 radical (unpaired) electrons. The van der Waals surface area contributed by atoms with Crippen molar-refractivity contribution >= 4 is 0 Å². The van der Waals surface area contributed by atoms with Crippen molar-refractivity contribution in [2.45, 2.75) is 48.5 Å². The van der Waals surface area contributed by atoms with Crippen molar-refractivity contribution in [3.63, 3.8) is 0 Å². The van der Waals surface area contributed by atoms with E-state index in [-0.39, 0.29) is 0 Å². The van der Waals surface area contributed by atoms with Gasteiger partial charge in [0.05, 0.1) is 0 Å². The zero-order chi connectivity index (χ0) is 14.8. The SMILES string of the molecule is CC.CC.Cc1cccc(-c2ncc(C)c(C)n2)c1. The van der Waals surface area contributed by atoms with Gasteiger partial charge in [-0.05, 0) is 32.4 Å². The van der Waals surface area contributed by atoms with E-state index in [4.69, 9.17) is 0 Å². The molecule has 0 amide bonds. The molecule has 0 N–H and O–H groups in total. The molecule has 1 heterocycles. The van der Waals surface area contributed by atoms with E-state index in [9.17, 15) is 0 Å². The zero-order valence-electron chi connectivity index (χ0n) is 13.3. The molecule has 0 saturated carbocycles. The Bertz CT molecular complexity index is 490. The predicted octanol–water partition coefficient (Wildman–Crippen LogP) is 5.12. The average Bonchev–Trinajstić information content (AvgIpc) is 2.46. The van der Waals surface area contributed by atoms with Gasteiger partial charge in [0.15, 0.2) is 5.82 Å². The van der Waals surface area contributed by atoms with Gasteiger partial charge in [0.1, 0.15) is 0 Å². The summed E-state index contributed by atoms with van der Waals surface area (Å²) in [6, 6.07) is 8.25. The van der Waals surface area contributed by atoms with E-state index >= 15 is 0 Å². The minimum absolute atomic E-state index is 0.807. The molecule has 0 spiro atoms. The van der Waals surface area contributed by atoms with Crippen molar-refractivity contribution in [3.05, 3.63) is 47.3 Å². The lowest BCUT2D eigenvalue weighted by atomic mass is 10.1. The molecule has 0 aliphatic rings. The molecule has 2 aromatic rings. The molecule has 0 saturated heterocycles. The van der Waals surface area contributed by atoms with E-state index < -0.39 is 0 Å². The first-order chi connectivity index (χ1) is 9.16. The van der Waals surface area contributed by atoms with Crippen molar-refractivity contribution in [2.75, 3.05) is 0 Å². The Balaban J connectivity index is 0.000000741. The summed E-state index contributed by atoms with van der Waals surface area (Å²) in [5.41, 5.74) is 4.49. The highest BCUT2D eigenvalue weighted by atomic mass is 14.9. The first-order valence-electron chi connectivity index (χ1n) is 7.04. The number of benzene rings is 1. The molecule has 2 nitrogen and oxygen atoms in total. The summed E-state index contributed by atoms with van der Waals surface area (Å²) in [7, 11) is 0. The van der Waals surface area contributed by atoms with Crippen LogP contribution >= 0.6 is 0 Å². The standard InChI is InChI=1S/C13H14N2.2C2H6/c1-9-5-4-6-12(7-9)13-14-8-10(2)11(3)15-13;2*1-2/h4-8H,1-3H3;2*1-2H3. The summed E-state index contributed by atoms with van der Waals surface area (Å²) in [5, 5.41) is 0. The van der Waals surface area contributed by atoms with Gasteiger partial charge in [-0.25, -0.2) is 9.97 Å². The average molecular weight is 258 g/mol. The lowest BCUT2D eigenvalue weighted by Crippen LogP contribution is -1.94. The summed E-state index contributed by atoms with van der Waals surface area (Å²) in [6.45, 7) is 14.1. The Morgan fingerprint density at radius 2 is 1.53 bits per heavy atom. The Labute approximate surface area is 117 Å². The largest absolute Gasteiger partial charge is 0.236 e. The first-order valence-corrected chi connectivity index (χ1v) is 7.04. The third-order valence-corrected chi connectivity index (χ3v) is 2.50. The van der Waals surface area contributed by atoms with Crippen LogP contribution in [0.1, 0.15) is 44.5 Å². The van der Waals surface area contributed by atoms with Gasteiger partial charge in [-0.2, -0.15) is 0 Å². The van der Waals surface area contributed by atoms with Gasteiger partial charge in [0.25, 0.3) is 0 Å². The van der Waals surface area contributed by atoms with E-state index in [2.05, 4.69) is 29.0 Å². The Kier molecular flexibility index (Phi) is 8.43. The summed E-state index contributed by atoms with van der Waals surface area (Å²) >= 11 is 0. The van der Waals surface area contributed by atoms with Crippen LogP contribution in [0.4, 0.5) is 0 Å². The van der Waals surface area contributed by atoms with Crippen molar-refractivity contribution < 1.29 is 0 Å². The molecule has 2 heteroatoms. The quantitative estimate of drug-likeness (QED) is 0.709. The normalized spacial score (nSPS) is 8.79. The maximum atomic E-state index is 4.47. The van der Waals surface area contributed by atoms with E-state index in [1.807, 2.05) is 59.9 Å². The summed E-state index contributed by atoms with van der Waals surface area (Å²) in [6.07, 6.45) is 1.88. The van der Waals surface area contributed by atoms with Gasteiger partial charge < -0.3 is 0 Å². The third kappa shape index (κ3) is 5.21. The summed E-state index contributed by atoms with van der Waals surface area (Å²) in [5.74, 6) is 0.807. The Hall–Kier alpha value is -1.70. The molecule has 0 aliphatic heterocycles. The number of aromatic nitrogens is 2. The molecule has 19 heavy (non-hydrogen) atoms. The lowest BCUT2D eigenvalue weighted by Gasteiger charge is -2.04. The number of hydrogen-bond acceptors (Lipinski definition) is 2. The first kappa shape index (κ1) is 17.3. The zero-order valence-corrected chi connectivity index (χ0v) is 13.3. The van der Waals surface area contributed by atoms with Crippen molar-refractivity contribution in [1.82, 2.24) is 9.97 Å². The van der Waals surface area contributed by atoms with Crippen LogP contribution in [0.5, 0.6) is 0 Å². The van der Waals surface area contributed by atoms with Crippen LogP contribution in [0, 0.1) is 20.8 Å². The van der Waals surface area contributed by atoms with E-state index in [1.54, 1.807) is 0 Å². The summed E-state index contributed by atoms with van der Waals surface area (Å²) < 4.78 is 0. The lowest BCUT2D eigenvalue weighted by molar-refractivity contribution is 1.07. The second kappa shape index (κ2) is 9.26. The maximum Gasteiger partial charge on any atom is 0.159 e. The molecular formula is C17H26N2. The Morgan fingerprint density at radius 1 is 0.895 bits per heavy atom. The minimum Gasteiger partial charge on any atom is -0.236 e. The molecule has 2 rings (SSSR count).